The summed E-state index contributed by atoms with van der Waals surface area (Å²) < 4.78 is 0. The third kappa shape index (κ3) is 2.08. The second-order valence-corrected chi connectivity index (χ2v) is 5.34. The molecule has 2 aromatic heterocycles. The van der Waals surface area contributed by atoms with E-state index in [1.165, 1.54) is 11.3 Å². The van der Waals surface area contributed by atoms with Crippen LogP contribution in [0.3, 0.4) is 0 Å². The smallest absolute Gasteiger partial charge is 0.355 e. The van der Waals surface area contributed by atoms with Gasteiger partial charge < -0.3 is 5.11 Å². The number of carboxylic acids is 1. The maximum absolute atomic E-state index is 11.0. The summed E-state index contributed by atoms with van der Waals surface area (Å²) in [4.78, 5) is 20.2. The average Bonchev–Trinajstić information content (AvgIpc) is 2.80. The number of aromatic nitrogens is 2. The molecule has 94 valence electrons. The van der Waals surface area contributed by atoms with Gasteiger partial charge >= 0.3 is 5.97 Å². The number of benzene rings is 1. The highest BCUT2D eigenvalue weighted by molar-refractivity contribution is 7.15. The first-order valence-electron chi connectivity index (χ1n) is 5.71. The molecular weight excluding hydrogens is 260 g/mol. The Balaban J connectivity index is 2.13. The Hall–Kier alpha value is -2.27. The van der Waals surface area contributed by atoms with Crippen LogP contribution in [0.4, 0.5) is 0 Å². The summed E-state index contributed by atoms with van der Waals surface area (Å²) in [6, 6.07) is 9.67. The van der Waals surface area contributed by atoms with Gasteiger partial charge in [-0.15, -0.1) is 11.3 Å². The minimum Gasteiger partial charge on any atom is -0.476 e. The molecule has 1 aromatic carbocycles. The predicted octanol–water partition coefficient (Wildman–Crippen LogP) is 3.36. The molecule has 0 amide bonds. The van der Waals surface area contributed by atoms with Crippen LogP contribution in [0.25, 0.3) is 21.5 Å². The lowest BCUT2D eigenvalue weighted by Gasteiger charge is -1.99. The van der Waals surface area contributed by atoms with Crippen LogP contribution in [0.5, 0.6) is 0 Å². The first-order valence-corrected chi connectivity index (χ1v) is 6.52. The second kappa shape index (κ2) is 4.44. The van der Waals surface area contributed by atoms with Crippen LogP contribution in [-0.4, -0.2) is 21.0 Å². The fourth-order valence-electron chi connectivity index (χ4n) is 1.93. The van der Waals surface area contributed by atoms with Crippen LogP contribution in [0.1, 0.15) is 15.4 Å². The van der Waals surface area contributed by atoms with E-state index in [1.54, 1.807) is 13.1 Å². The van der Waals surface area contributed by atoms with Crippen molar-refractivity contribution in [1.82, 2.24) is 9.97 Å². The normalized spacial score (nSPS) is 10.8. The van der Waals surface area contributed by atoms with Gasteiger partial charge in [0.2, 0.25) is 0 Å². The molecule has 0 unspecified atom stereocenters. The van der Waals surface area contributed by atoms with Gasteiger partial charge in [-0.1, -0.05) is 6.07 Å². The molecule has 0 saturated heterocycles. The molecule has 3 rings (SSSR count). The van der Waals surface area contributed by atoms with Gasteiger partial charge in [-0.05, 0) is 31.2 Å². The molecule has 3 aromatic rings. The van der Waals surface area contributed by atoms with Crippen molar-refractivity contribution in [3.63, 3.8) is 0 Å². The largest absolute Gasteiger partial charge is 0.476 e. The van der Waals surface area contributed by atoms with Crippen LogP contribution >= 0.6 is 11.3 Å². The molecule has 0 spiro atoms. The lowest BCUT2D eigenvalue weighted by atomic mass is 10.1. The van der Waals surface area contributed by atoms with Gasteiger partial charge in [0.1, 0.15) is 5.01 Å². The van der Waals surface area contributed by atoms with Crippen molar-refractivity contribution in [2.45, 2.75) is 6.92 Å². The van der Waals surface area contributed by atoms with E-state index in [1.807, 2.05) is 30.3 Å². The molecule has 2 heterocycles. The van der Waals surface area contributed by atoms with E-state index in [0.717, 1.165) is 21.5 Å². The van der Waals surface area contributed by atoms with Crippen LogP contribution < -0.4 is 0 Å². The molecule has 0 aliphatic rings. The predicted molar refractivity (Wildman–Crippen MR) is 74.5 cm³/mol. The highest BCUT2D eigenvalue weighted by Gasteiger charge is 2.15. The highest BCUT2D eigenvalue weighted by Crippen LogP contribution is 2.29. The topological polar surface area (TPSA) is 63.1 Å². The van der Waals surface area contributed by atoms with Gasteiger partial charge in [-0.2, -0.15) is 0 Å². The number of fused-ring (bicyclic) bond motifs is 1. The minimum absolute atomic E-state index is 0.131. The van der Waals surface area contributed by atoms with Crippen molar-refractivity contribution in [3.8, 4) is 10.6 Å². The summed E-state index contributed by atoms with van der Waals surface area (Å²) in [5.74, 6) is -0.984. The zero-order chi connectivity index (χ0) is 13.4. The Labute approximate surface area is 113 Å². The molecule has 0 saturated carbocycles. The number of nitrogens with zero attached hydrogens (tertiary/aromatic N) is 2. The Morgan fingerprint density at radius 2 is 2.16 bits per heavy atom. The lowest BCUT2D eigenvalue weighted by molar-refractivity contribution is 0.0690. The van der Waals surface area contributed by atoms with Gasteiger partial charge in [0.15, 0.2) is 5.69 Å². The molecule has 0 aliphatic heterocycles. The van der Waals surface area contributed by atoms with Crippen molar-refractivity contribution in [3.05, 3.63) is 47.1 Å². The highest BCUT2D eigenvalue weighted by atomic mass is 32.1. The van der Waals surface area contributed by atoms with Crippen molar-refractivity contribution >= 4 is 28.2 Å². The first-order chi connectivity index (χ1) is 9.15. The van der Waals surface area contributed by atoms with Crippen LogP contribution in [0, 0.1) is 6.92 Å². The summed E-state index contributed by atoms with van der Waals surface area (Å²) >= 11 is 1.39. The fraction of sp³-hybridized carbons (Fsp3) is 0.0714. The second-order valence-electron chi connectivity index (χ2n) is 4.14. The Bertz CT molecular complexity index is 780. The molecule has 1 N–H and O–H groups in total. The van der Waals surface area contributed by atoms with E-state index in [2.05, 4.69) is 9.97 Å². The maximum atomic E-state index is 11.0. The quantitative estimate of drug-likeness (QED) is 0.775. The van der Waals surface area contributed by atoms with E-state index in [-0.39, 0.29) is 5.69 Å². The van der Waals surface area contributed by atoms with E-state index in [4.69, 9.17) is 5.11 Å². The van der Waals surface area contributed by atoms with Crippen LogP contribution in [0.15, 0.2) is 36.5 Å². The number of rotatable bonds is 2. The third-order valence-corrected chi connectivity index (χ3v) is 3.87. The molecule has 0 atom stereocenters. The summed E-state index contributed by atoms with van der Waals surface area (Å²) in [5, 5.41) is 10.8. The Morgan fingerprint density at radius 1 is 1.32 bits per heavy atom. The van der Waals surface area contributed by atoms with Gasteiger partial charge in [0.25, 0.3) is 0 Å². The number of thiazole rings is 1. The molecule has 0 fully saturated rings. The molecule has 5 heteroatoms. The summed E-state index contributed by atoms with van der Waals surface area (Å²) in [6.45, 7) is 1.77. The fourth-order valence-corrected chi connectivity index (χ4v) is 2.83. The Morgan fingerprint density at radius 3 is 2.89 bits per heavy atom. The summed E-state index contributed by atoms with van der Waals surface area (Å²) in [5.41, 5.74) is 1.96. The summed E-state index contributed by atoms with van der Waals surface area (Å²) in [6.07, 6.45) is 1.75. The van der Waals surface area contributed by atoms with Gasteiger partial charge in [0, 0.05) is 22.0 Å². The molecule has 0 radical (unpaired) electrons. The van der Waals surface area contributed by atoms with Crippen molar-refractivity contribution in [2.24, 2.45) is 0 Å². The zero-order valence-electron chi connectivity index (χ0n) is 10.1. The van der Waals surface area contributed by atoms with E-state index in [0.29, 0.717) is 4.88 Å². The van der Waals surface area contributed by atoms with Gasteiger partial charge in [-0.25, -0.2) is 9.78 Å². The molecular formula is C14H10N2O2S. The van der Waals surface area contributed by atoms with E-state index < -0.39 is 5.97 Å². The molecule has 4 nitrogen and oxygen atoms in total. The standard InChI is InChI=1S/C14H10N2O2S/c1-8-12(14(17)18)16-13(19-8)10-4-5-11-9(7-10)3-2-6-15-11/h2-7H,1H3,(H,17,18). The summed E-state index contributed by atoms with van der Waals surface area (Å²) in [7, 11) is 0. The molecule has 0 bridgehead atoms. The number of aromatic carboxylic acids is 1. The van der Waals surface area contributed by atoms with Crippen LogP contribution in [-0.2, 0) is 0 Å². The number of carboxylic acid groups (broad SMARTS) is 1. The van der Waals surface area contributed by atoms with Gasteiger partial charge in [0.05, 0.1) is 5.52 Å². The first kappa shape index (κ1) is 11.8. The Kier molecular flexibility index (Phi) is 2.76. The number of pyridine rings is 1. The molecule has 0 aliphatic carbocycles. The lowest BCUT2D eigenvalue weighted by Crippen LogP contribution is -1.98. The maximum Gasteiger partial charge on any atom is 0.355 e. The number of aryl methyl sites for hydroxylation is 1. The minimum atomic E-state index is -0.984. The monoisotopic (exact) mass is 270 g/mol. The van der Waals surface area contributed by atoms with E-state index >= 15 is 0 Å². The number of hydrogen-bond acceptors (Lipinski definition) is 4. The van der Waals surface area contributed by atoms with Crippen molar-refractivity contribution < 1.29 is 9.90 Å². The number of carbonyl (C=O) groups is 1. The number of hydrogen-bond donors (Lipinski definition) is 1. The SMILES string of the molecule is Cc1sc(-c2ccc3ncccc3c2)nc1C(=O)O. The van der Waals surface area contributed by atoms with Crippen LogP contribution in [0.2, 0.25) is 0 Å². The third-order valence-electron chi connectivity index (χ3n) is 2.85. The van der Waals surface area contributed by atoms with Gasteiger partial charge in [-0.3, -0.25) is 4.98 Å². The van der Waals surface area contributed by atoms with Crippen molar-refractivity contribution in [1.29, 1.82) is 0 Å². The average molecular weight is 270 g/mol. The van der Waals surface area contributed by atoms with Crippen molar-refractivity contribution in [2.75, 3.05) is 0 Å². The zero-order valence-corrected chi connectivity index (χ0v) is 10.9. The molecule has 19 heavy (non-hydrogen) atoms. The van der Waals surface area contributed by atoms with E-state index in [9.17, 15) is 4.79 Å².